The van der Waals surface area contributed by atoms with Gasteiger partial charge in [0.05, 0.1) is 5.56 Å². The quantitative estimate of drug-likeness (QED) is 0.870. The number of likely N-dealkylation sites (tertiary alicyclic amines) is 1. The van der Waals surface area contributed by atoms with Crippen molar-refractivity contribution in [3.8, 4) is 0 Å². The Morgan fingerprint density at radius 2 is 1.88 bits per heavy atom. The highest BCUT2D eigenvalue weighted by Crippen LogP contribution is 2.17. The Kier molecular flexibility index (Phi) is 3.79. The molecule has 1 heterocycles. The van der Waals surface area contributed by atoms with Gasteiger partial charge >= 0.3 is 5.97 Å². The summed E-state index contributed by atoms with van der Waals surface area (Å²) < 4.78 is 0. The van der Waals surface area contributed by atoms with Gasteiger partial charge in [-0.2, -0.15) is 0 Å². The first-order valence-corrected chi connectivity index (χ1v) is 6.03. The molecule has 91 valence electrons. The summed E-state index contributed by atoms with van der Waals surface area (Å²) in [6.07, 6.45) is 2.32. The third-order valence-corrected chi connectivity index (χ3v) is 3.31. The highest BCUT2D eigenvalue weighted by molar-refractivity contribution is 5.87. The zero-order valence-electron chi connectivity index (χ0n) is 9.93. The van der Waals surface area contributed by atoms with Crippen LogP contribution >= 0.6 is 0 Å². The average Bonchev–Trinajstić information content (AvgIpc) is 2.33. The summed E-state index contributed by atoms with van der Waals surface area (Å²) in [5.74, 6) is -0.268. The molecule has 0 bridgehead atoms. The van der Waals surface area contributed by atoms with Crippen LogP contribution in [-0.4, -0.2) is 29.1 Å². The van der Waals surface area contributed by atoms with Crippen LogP contribution in [0.2, 0.25) is 0 Å². The van der Waals surface area contributed by atoms with Gasteiger partial charge < -0.3 is 5.11 Å². The molecule has 0 unspecified atom stereocenters. The molecule has 0 atom stereocenters. The molecule has 2 rings (SSSR count). The number of benzene rings is 1. The Hall–Kier alpha value is -1.35. The predicted octanol–water partition coefficient (Wildman–Crippen LogP) is 2.43. The lowest BCUT2D eigenvalue weighted by molar-refractivity contribution is 0.0697. The predicted molar refractivity (Wildman–Crippen MR) is 66.8 cm³/mol. The Morgan fingerprint density at radius 3 is 2.41 bits per heavy atom. The third-order valence-electron chi connectivity index (χ3n) is 3.31. The van der Waals surface area contributed by atoms with Gasteiger partial charge in [-0.15, -0.1) is 0 Å². The summed E-state index contributed by atoms with van der Waals surface area (Å²) in [6.45, 7) is 7.17. The van der Waals surface area contributed by atoms with E-state index in [9.17, 15) is 4.79 Å². The largest absolute Gasteiger partial charge is 0.478 e. The second kappa shape index (κ2) is 5.32. The average molecular weight is 232 g/mol. The first-order valence-electron chi connectivity index (χ1n) is 6.03. The fourth-order valence-corrected chi connectivity index (χ4v) is 2.16. The van der Waals surface area contributed by atoms with E-state index in [2.05, 4.69) is 11.8 Å². The van der Waals surface area contributed by atoms with E-state index in [1.54, 1.807) is 12.1 Å². The fraction of sp³-hybridized carbons (Fsp3) is 0.429. The molecule has 3 heteroatoms. The molecule has 1 saturated heterocycles. The molecule has 0 aliphatic carbocycles. The lowest BCUT2D eigenvalue weighted by atomic mass is 9.99. The molecule has 0 saturated carbocycles. The van der Waals surface area contributed by atoms with Crippen LogP contribution in [0.3, 0.4) is 0 Å². The second-order valence-electron chi connectivity index (χ2n) is 4.72. The van der Waals surface area contributed by atoms with Gasteiger partial charge in [-0.25, -0.2) is 4.79 Å². The van der Waals surface area contributed by atoms with Crippen molar-refractivity contribution in [3.05, 3.63) is 42.3 Å². The van der Waals surface area contributed by atoms with Gasteiger partial charge in [0, 0.05) is 6.54 Å². The molecule has 0 amide bonds. The minimum Gasteiger partial charge on any atom is -0.478 e. The Morgan fingerprint density at radius 1 is 1.29 bits per heavy atom. The maximum Gasteiger partial charge on any atom is 0.335 e. The van der Waals surface area contributed by atoms with Gasteiger partial charge in [0.1, 0.15) is 0 Å². The van der Waals surface area contributed by atoms with E-state index >= 15 is 0 Å². The Balaban J connectivity index is 1.92. The molecule has 1 aromatic rings. The summed E-state index contributed by atoms with van der Waals surface area (Å²) in [4.78, 5) is 13.1. The van der Waals surface area contributed by atoms with E-state index in [0.29, 0.717) is 11.5 Å². The summed E-state index contributed by atoms with van der Waals surface area (Å²) >= 11 is 0. The standard InChI is InChI=1S/C14H18NO2/c1-11-6-8-15(9-7-11)10-12-2-4-13(5-3-12)14(16)17/h2-5,11H,1,6-10H2,(H,16,17). The number of carboxylic acids is 1. The molecule has 0 aromatic heterocycles. The van der Waals surface area contributed by atoms with E-state index in [4.69, 9.17) is 5.11 Å². The van der Waals surface area contributed by atoms with Gasteiger partial charge in [0.25, 0.3) is 0 Å². The smallest absolute Gasteiger partial charge is 0.335 e. The molecule has 17 heavy (non-hydrogen) atoms. The fourth-order valence-electron chi connectivity index (χ4n) is 2.16. The van der Waals surface area contributed by atoms with Crippen molar-refractivity contribution in [1.29, 1.82) is 0 Å². The zero-order chi connectivity index (χ0) is 12.3. The van der Waals surface area contributed by atoms with Crippen LogP contribution in [0.15, 0.2) is 24.3 Å². The van der Waals surface area contributed by atoms with Gasteiger partial charge in [0.2, 0.25) is 0 Å². The highest BCUT2D eigenvalue weighted by Gasteiger charge is 2.15. The van der Waals surface area contributed by atoms with E-state index < -0.39 is 5.97 Å². The van der Waals surface area contributed by atoms with Crippen LogP contribution in [0, 0.1) is 12.8 Å². The third kappa shape index (κ3) is 3.30. The van der Waals surface area contributed by atoms with Gasteiger partial charge in [-0.1, -0.05) is 19.1 Å². The molecule has 1 aromatic carbocycles. The molecular weight excluding hydrogens is 214 g/mol. The minimum atomic E-state index is -0.866. The lowest BCUT2D eigenvalue weighted by Gasteiger charge is -2.30. The van der Waals surface area contributed by atoms with Crippen LogP contribution in [0.4, 0.5) is 0 Å². The van der Waals surface area contributed by atoms with Crippen molar-refractivity contribution >= 4 is 5.97 Å². The van der Waals surface area contributed by atoms with Crippen molar-refractivity contribution in [3.63, 3.8) is 0 Å². The number of hydrogen-bond acceptors (Lipinski definition) is 2. The number of aromatic carboxylic acids is 1. The molecule has 1 aliphatic heterocycles. The van der Waals surface area contributed by atoms with E-state index in [1.807, 2.05) is 12.1 Å². The molecule has 1 N–H and O–H groups in total. The monoisotopic (exact) mass is 232 g/mol. The summed E-state index contributed by atoms with van der Waals surface area (Å²) in [7, 11) is 0. The first-order chi connectivity index (χ1) is 8.15. The Labute approximate surface area is 102 Å². The highest BCUT2D eigenvalue weighted by atomic mass is 16.4. The summed E-state index contributed by atoms with van der Waals surface area (Å²) in [5.41, 5.74) is 1.53. The van der Waals surface area contributed by atoms with Crippen molar-refractivity contribution in [2.24, 2.45) is 5.92 Å². The Bertz CT molecular complexity index is 378. The van der Waals surface area contributed by atoms with Crippen LogP contribution in [0.1, 0.15) is 28.8 Å². The molecular formula is C14H18NO2. The number of nitrogens with zero attached hydrogens (tertiary/aromatic N) is 1. The summed E-state index contributed by atoms with van der Waals surface area (Å²) in [6, 6.07) is 7.15. The van der Waals surface area contributed by atoms with Crippen LogP contribution < -0.4 is 0 Å². The maximum atomic E-state index is 10.7. The number of rotatable bonds is 3. The molecule has 1 aliphatic rings. The van der Waals surface area contributed by atoms with E-state index in [0.717, 1.165) is 32.5 Å². The van der Waals surface area contributed by atoms with Crippen molar-refractivity contribution in [1.82, 2.24) is 4.90 Å². The van der Waals surface area contributed by atoms with Crippen LogP contribution in [0.5, 0.6) is 0 Å². The second-order valence-corrected chi connectivity index (χ2v) is 4.72. The summed E-state index contributed by atoms with van der Waals surface area (Å²) in [5, 5.41) is 8.81. The molecule has 0 spiro atoms. The van der Waals surface area contributed by atoms with Crippen LogP contribution in [0.25, 0.3) is 0 Å². The minimum absolute atomic E-state index is 0.352. The first kappa shape index (κ1) is 12.1. The number of hydrogen-bond donors (Lipinski definition) is 1. The normalized spacial score (nSPS) is 18.2. The van der Waals surface area contributed by atoms with E-state index in [1.165, 1.54) is 5.56 Å². The zero-order valence-corrected chi connectivity index (χ0v) is 9.93. The molecule has 1 fully saturated rings. The topological polar surface area (TPSA) is 40.5 Å². The van der Waals surface area contributed by atoms with Gasteiger partial charge in [-0.05, 0) is 49.5 Å². The lowest BCUT2D eigenvalue weighted by Crippen LogP contribution is -2.32. The number of piperidine rings is 1. The van der Waals surface area contributed by atoms with Crippen molar-refractivity contribution in [2.45, 2.75) is 19.4 Å². The van der Waals surface area contributed by atoms with Crippen LogP contribution in [-0.2, 0) is 6.54 Å². The van der Waals surface area contributed by atoms with Crippen molar-refractivity contribution in [2.75, 3.05) is 13.1 Å². The maximum absolute atomic E-state index is 10.7. The number of carboxylic acid groups (broad SMARTS) is 1. The molecule has 3 nitrogen and oxygen atoms in total. The van der Waals surface area contributed by atoms with Crippen molar-refractivity contribution < 1.29 is 9.90 Å². The van der Waals surface area contributed by atoms with Gasteiger partial charge in [-0.3, -0.25) is 4.90 Å². The SMILES string of the molecule is [CH2]C1CCN(Cc2ccc(C(=O)O)cc2)CC1. The van der Waals surface area contributed by atoms with Gasteiger partial charge in [0.15, 0.2) is 0 Å². The number of carbonyl (C=O) groups is 1. The van der Waals surface area contributed by atoms with E-state index in [-0.39, 0.29) is 0 Å². The molecule has 1 radical (unpaired) electrons.